The van der Waals surface area contributed by atoms with E-state index in [9.17, 15) is 14.7 Å². The summed E-state index contributed by atoms with van der Waals surface area (Å²) in [5.41, 5.74) is 8.96. The number of carboxylic acid groups (broad SMARTS) is 1. The van der Waals surface area contributed by atoms with E-state index in [0.717, 1.165) is 128 Å². The third-order valence-corrected chi connectivity index (χ3v) is 15.5. The van der Waals surface area contributed by atoms with E-state index >= 15 is 0 Å². The molecule has 2 aromatic carbocycles. The lowest BCUT2D eigenvalue weighted by Crippen LogP contribution is -2.68. The molecule has 15 nitrogen and oxygen atoms in total. The molecule has 2 atom stereocenters. The lowest BCUT2D eigenvalue weighted by molar-refractivity contribution is -0.197. The minimum Gasteiger partial charge on any atom is -0.492 e. The molecule has 4 aliphatic heterocycles. The van der Waals surface area contributed by atoms with E-state index in [1.54, 1.807) is 35.3 Å². The average molecular weight is 898 g/mol. The van der Waals surface area contributed by atoms with Crippen LogP contribution in [0.5, 0.6) is 11.5 Å². The summed E-state index contributed by atoms with van der Waals surface area (Å²) in [6.07, 6.45) is 11.4. The number of rotatable bonds is 10. The van der Waals surface area contributed by atoms with E-state index in [4.69, 9.17) is 14.2 Å². The second kappa shape index (κ2) is 16.5. The summed E-state index contributed by atoms with van der Waals surface area (Å²) >= 11 is 3.27. The van der Waals surface area contributed by atoms with Crippen LogP contribution in [-0.2, 0) is 53.1 Å². The van der Waals surface area contributed by atoms with Crippen molar-refractivity contribution >= 4 is 90.4 Å². The molecule has 0 radical (unpaired) electrons. The first-order chi connectivity index (χ1) is 31.3. The first-order valence-corrected chi connectivity index (χ1v) is 23.6. The van der Waals surface area contributed by atoms with Gasteiger partial charge in [-0.3, -0.25) is 19.6 Å². The molecule has 8 heterocycles. The van der Waals surface area contributed by atoms with Crippen molar-refractivity contribution in [1.82, 2.24) is 24.8 Å². The second-order valence-corrected chi connectivity index (χ2v) is 19.5. The number of nitrogens with zero attached hydrogens (tertiary/aromatic N) is 7. The second-order valence-electron chi connectivity index (χ2n) is 17.4. The zero-order valence-electron chi connectivity index (χ0n) is 35.6. The van der Waals surface area contributed by atoms with E-state index < -0.39 is 5.97 Å². The lowest BCUT2D eigenvalue weighted by atomic mass is 9.76. The fourth-order valence-electron chi connectivity index (χ4n) is 9.86. The number of carbonyl (C=O) groups excluding carboxylic acids is 1. The summed E-state index contributed by atoms with van der Waals surface area (Å²) in [5, 5.41) is 18.4. The molecule has 1 amide bonds. The van der Waals surface area contributed by atoms with Crippen LogP contribution >= 0.6 is 22.7 Å². The van der Waals surface area contributed by atoms with Gasteiger partial charge in [-0.25, -0.2) is 19.9 Å². The van der Waals surface area contributed by atoms with Gasteiger partial charge in [-0.05, 0) is 110 Å². The predicted molar refractivity (Wildman–Crippen MR) is 248 cm³/mol. The molecule has 12 rings (SSSR count). The SMILES string of the molecule is CCOc1cc2c(cc1Nc1ncnc3sc4c(c13)CCC(C(=O)N1CC3(COC3)C1)C4)C=NC2.CCOc1cc2c(cc1Nc1ncnc3sc4c(c13)CCC(C(=O)O)C4)C=NC2. The molecule has 2 fully saturated rings. The molecular weight excluding hydrogens is 851 g/mol. The van der Waals surface area contributed by atoms with Crippen molar-refractivity contribution in [2.45, 2.75) is 65.5 Å². The zero-order chi connectivity index (χ0) is 43.5. The quantitative estimate of drug-likeness (QED) is 0.122. The molecule has 17 heteroatoms. The number of aromatic nitrogens is 4. The van der Waals surface area contributed by atoms with E-state index in [1.165, 1.54) is 21.6 Å². The van der Waals surface area contributed by atoms with Gasteiger partial charge in [0.05, 0.1) is 73.0 Å². The highest BCUT2D eigenvalue weighted by Crippen LogP contribution is 2.45. The summed E-state index contributed by atoms with van der Waals surface area (Å²) in [4.78, 5) is 57.7. The number of ether oxygens (including phenoxy) is 3. The van der Waals surface area contributed by atoms with Crippen LogP contribution < -0.4 is 20.1 Å². The molecular formula is C47H47N9O6S2. The van der Waals surface area contributed by atoms with Gasteiger partial charge in [-0.2, -0.15) is 0 Å². The van der Waals surface area contributed by atoms with Crippen LogP contribution in [-0.4, -0.2) is 93.8 Å². The molecule has 2 saturated heterocycles. The smallest absolute Gasteiger partial charge is 0.306 e. The number of aliphatic carboxylic acids is 1. The summed E-state index contributed by atoms with van der Waals surface area (Å²) in [6, 6.07) is 8.24. The topological polar surface area (TPSA) is 186 Å². The Balaban J connectivity index is 0.000000145. The Morgan fingerprint density at radius 3 is 1.77 bits per heavy atom. The first-order valence-electron chi connectivity index (χ1n) is 22.0. The number of amides is 1. The fraction of sp³-hybridized carbons (Fsp3) is 0.404. The normalized spacial score (nSPS) is 19.5. The van der Waals surface area contributed by atoms with Crippen LogP contribution in [0.25, 0.3) is 20.4 Å². The maximum atomic E-state index is 13.2. The Morgan fingerprint density at radius 1 is 0.766 bits per heavy atom. The van der Waals surface area contributed by atoms with Gasteiger partial charge in [0.1, 0.15) is 45.5 Å². The summed E-state index contributed by atoms with van der Waals surface area (Å²) < 4.78 is 17.2. The van der Waals surface area contributed by atoms with Crippen LogP contribution in [0.2, 0.25) is 0 Å². The summed E-state index contributed by atoms with van der Waals surface area (Å²) in [5.74, 6) is 2.43. The van der Waals surface area contributed by atoms with Crippen molar-refractivity contribution in [3.8, 4) is 11.5 Å². The standard InChI is InChI=1S/C26H27N5O3S.C21H20N4O3S/c1-2-34-20-6-17-9-27-8-16(17)5-19(20)30-23-22-18-4-3-15(7-21(18)35-24(22)29-14-28-23)25(32)31-10-26(11-31)12-33-13-26;1-2-28-16-6-13-9-22-8-12(13)5-15(16)25-19-18-14-4-3-11(21(26)27)7-17(14)29-20(18)24-10-23-19/h5-6,8,14-15H,2-4,7,9-13H2,1H3,(H,28,29,30);5-6,8,10-11H,2-4,7,9H2,1H3,(H,26,27)(H,23,24,25). The largest absolute Gasteiger partial charge is 0.492 e. The predicted octanol–water partition coefficient (Wildman–Crippen LogP) is 7.69. The molecule has 3 N–H and O–H groups in total. The molecule has 1 spiro atoms. The van der Waals surface area contributed by atoms with Gasteiger partial charge in [0.2, 0.25) is 5.91 Å². The van der Waals surface area contributed by atoms with E-state index in [0.29, 0.717) is 45.1 Å². The number of benzene rings is 2. The van der Waals surface area contributed by atoms with Gasteiger partial charge in [-0.1, -0.05) is 0 Å². The molecule has 2 unspecified atom stereocenters. The van der Waals surface area contributed by atoms with Crippen LogP contribution in [0.15, 0.2) is 46.9 Å². The van der Waals surface area contributed by atoms with Gasteiger partial charge in [-0.15, -0.1) is 22.7 Å². The van der Waals surface area contributed by atoms with Crippen LogP contribution in [0.1, 0.15) is 69.8 Å². The molecule has 4 aromatic heterocycles. The third-order valence-electron chi connectivity index (χ3n) is 13.1. The monoisotopic (exact) mass is 897 g/mol. The third kappa shape index (κ3) is 7.32. The van der Waals surface area contributed by atoms with Gasteiger partial charge < -0.3 is 34.9 Å². The average Bonchev–Trinajstić information content (AvgIpc) is 4.08. The van der Waals surface area contributed by atoms with Gasteiger partial charge >= 0.3 is 5.97 Å². The van der Waals surface area contributed by atoms with Crippen LogP contribution in [0.3, 0.4) is 0 Å². The van der Waals surface area contributed by atoms with E-state index in [-0.39, 0.29) is 17.3 Å². The van der Waals surface area contributed by atoms with Crippen molar-refractivity contribution < 1.29 is 28.9 Å². The number of nitrogens with one attached hydrogen (secondary N) is 2. The van der Waals surface area contributed by atoms with Crippen molar-refractivity contribution in [3.05, 3.63) is 80.1 Å². The van der Waals surface area contributed by atoms with Crippen molar-refractivity contribution in [3.63, 3.8) is 0 Å². The molecule has 6 aliphatic rings. The molecule has 2 aliphatic carbocycles. The van der Waals surface area contributed by atoms with Gasteiger partial charge in [0.25, 0.3) is 0 Å². The summed E-state index contributed by atoms with van der Waals surface area (Å²) in [6.45, 7) is 9.79. The number of hydrogen-bond acceptors (Lipinski definition) is 15. The number of hydrogen-bond donors (Lipinski definition) is 3. The number of likely N-dealkylation sites (tertiary alicyclic amines) is 1. The number of fused-ring (bicyclic) bond motifs is 8. The lowest BCUT2D eigenvalue weighted by Gasteiger charge is -2.55. The van der Waals surface area contributed by atoms with Crippen molar-refractivity contribution in [2.24, 2.45) is 27.2 Å². The summed E-state index contributed by atoms with van der Waals surface area (Å²) in [7, 11) is 0. The minimum absolute atomic E-state index is 0.0545. The molecule has 0 bridgehead atoms. The molecule has 328 valence electrons. The Labute approximate surface area is 377 Å². The number of aryl methyl sites for hydroxylation is 2. The molecule has 6 aromatic rings. The Hall–Kier alpha value is -6.04. The van der Waals surface area contributed by atoms with Crippen molar-refractivity contribution in [1.29, 1.82) is 0 Å². The zero-order valence-corrected chi connectivity index (χ0v) is 37.2. The maximum Gasteiger partial charge on any atom is 0.306 e. The van der Waals surface area contributed by atoms with Crippen molar-refractivity contribution in [2.75, 3.05) is 50.2 Å². The van der Waals surface area contributed by atoms with E-state index in [1.807, 2.05) is 43.3 Å². The number of carboxylic acids is 1. The Kier molecular flexibility index (Phi) is 10.5. The fourth-order valence-corrected chi connectivity index (χ4v) is 12.4. The first kappa shape index (κ1) is 40.7. The van der Waals surface area contributed by atoms with Gasteiger partial charge in [0.15, 0.2) is 0 Å². The highest BCUT2D eigenvalue weighted by Gasteiger charge is 2.51. The number of carbonyl (C=O) groups is 2. The maximum absolute atomic E-state index is 13.2. The van der Waals surface area contributed by atoms with E-state index in [2.05, 4.69) is 52.7 Å². The van der Waals surface area contributed by atoms with Crippen LogP contribution in [0, 0.1) is 17.3 Å². The minimum atomic E-state index is -0.723. The number of thiophene rings is 2. The molecule has 64 heavy (non-hydrogen) atoms. The van der Waals surface area contributed by atoms with Crippen LogP contribution in [0.4, 0.5) is 23.0 Å². The Morgan fingerprint density at radius 2 is 1.28 bits per heavy atom. The number of aliphatic imine (C=N–C) groups is 2. The van der Waals surface area contributed by atoms with Gasteiger partial charge in [0, 0.05) is 41.2 Å². The highest BCUT2D eigenvalue weighted by molar-refractivity contribution is 7.19. The Bertz CT molecular complexity index is 2920. The highest BCUT2D eigenvalue weighted by atomic mass is 32.1. The molecule has 0 saturated carbocycles. The number of anilines is 4.